The molecule has 29 heavy (non-hydrogen) atoms. The number of fused-ring (bicyclic) bond motifs is 3. The molecule has 0 amide bonds. The van der Waals surface area contributed by atoms with Crippen LogP contribution in [-0.2, 0) is 0 Å². The van der Waals surface area contributed by atoms with Crippen LogP contribution >= 0.6 is 0 Å². The Hall–Kier alpha value is -3.11. The highest BCUT2D eigenvalue weighted by atomic mass is 16.5. The van der Waals surface area contributed by atoms with E-state index in [0.29, 0.717) is 0 Å². The van der Waals surface area contributed by atoms with Crippen molar-refractivity contribution in [1.82, 2.24) is 9.97 Å². The van der Waals surface area contributed by atoms with Crippen molar-refractivity contribution in [3.05, 3.63) is 71.4 Å². The molecule has 2 heterocycles. The minimum Gasteiger partial charge on any atom is -0.497 e. The van der Waals surface area contributed by atoms with Gasteiger partial charge in [0.15, 0.2) is 0 Å². The number of ether oxygens (including phenoxy) is 1. The van der Waals surface area contributed by atoms with Crippen molar-refractivity contribution in [1.29, 1.82) is 0 Å². The average molecular weight is 386 g/mol. The van der Waals surface area contributed by atoms with Crippen LogP contribution in [0.3, 0.4) is 0 Å². The zero-order chi connectivity index (χ0) is 20.2. The lowest BCUT2D eigenvalue weighted by Crippen LogP contribution is -2.11. The van der Waals surface area contributed by atoms with E-state index in [9.17, 15) is 0 Å². The van der Waals surface area contributed by atoms with E-state index in [0.717, 1.165) is 58.4 Å². The number of hydrogen-bond acceptors (Lipinski definition) is 3. The number of H-pyrrole nitrogens is 1. The largest absolute Gasteiger partial charge is 0.497 e. The predicted octanol–water partition coefficient (Wildman–Crippen LogP) is 6.09. The van der Waals surface area contributed by atoms with E-state index in [1.807, 2.05) is 24.3 Å². The maximum absolute atomic E-state index is 6.31. The monoisotopic (exact) mass is 385 g/mol. The first-order valence-corrected chi connectivity index (χ1v) is 10.2. The highest BCUT2D eigenvalue weighted by Crippen LogP contribution is 2.27. The Kier molecular flexibility index (Phi) is 5.63. The Bertz CT molecular complexity index is 1140. The van der Waals surface area contributed by atoms with Crippen LogP contribution < -0.4 is 10.5 Å². The molecule has 3 N–H and O–H groups in total. The van der Waals surface area contributed by atoms with Crippen LogP contribution in [0.5, 0.6) is 5.75 Å². The fourth-order valence-corrected chi connectivity index (χ4v) is 3.60. The minimum absolute atomic E-state index is 0.00578. The van der Waals surface area contributed by atoms with Crippen LogP contribution in [0.1, 0.15) is 49.0 Å². The summed E-state index contributed by atoms with van der Waals surface area (Å²) in [7, 11) is 1.68. The number of nitrogens with two attached hydrogens (primary N) is 1. The molecule has 0 aliphatic rings. The summed E-state index contributed by atoms with van der Waals surface area (Å²) in [4.78, 5) is 8.23. The SMILES string of the molecule is CCCCC(N)c1ccc2c(n1)[nH]c1ccc(/C=C/c3ccc(OC)cc3)cc12. The van der Waals surface area contributed by atoms with E-state index in [4.69, 9.17) is 15.5 Å². The zero-order valence-corrected chi connectivity index (χ0v) is 17.0. The first-order valence-electron chi connectivity index (χ1n) is 10.2. The first-order chi connectivity index (χ1) is 14.2. The van der Waals surface area contributed by atoms with Crippen molar-refractivity contribution in [3.63, 3.8) is 0 Å². The first kappa shape index (κ1) is 19.2. The Balaban J connectivity index is 1.62. The van der Waals surface area contributed by atoms with Crippen molar-refractivity contribution < 1.29 is 4.74 Å². The van der Waals surface area contributed by atoms with Gasteiger partial charge in [-0.1, -0.05) is 50.1 Å². The molecule has 1 atom stereocenters. The van der Waals surface area contributed by atoms with Crippen LogP contribution in [0.25, 0.3) is 34.1 Å². The van der Waals surface area contributed by atoms with Crippen molar-refractivity contribution in [2.75, 3.05) is 7.11 Å². The third kappa shape index (κ3) is 4.17. The Labute approximate surface area is 171 Å². The second-order valence-electron chi connectivity index (χ2n) is 7.42. The lowest BCUT2D eigenvalue weighted by atomic mass is 10.1. The molecule has 0 radical (unpaired) electrons. The number of pyridine rings is 1. The van der Waals surface area contributed by atoms with Crippen molar-refractivity contribution in [2.24, 2.45) is 5.73 Å². The number of nitrogens with zero attached hydrogens (tertiary/aromatic N) is 1. The molecule has 0 bridgehead atoms. The maximum atomic E-state index is 6.31. The van der Waals surface area contributed by atoms with Gasteiger partial charge in [0.1, 0.15) is 11.4 Å². The third-order valence-electron chi connectivity index (χ3n) is 5.34. The summed E-state index contributed by atoms with van der Waals surface area (Å²) in [6.45, 7) is 2.18. The third-order valence-corrected chi connectivity index (χ3v) is 5.34. The van der Waals surface area contributed by atoms with Gasteiger partial charge in [0.2, 0.25) is 0 Å². The molecule has 148 valence electrons. The van der Waals surface area contributed by atoms with Gasteiger partial charge in [-0.25, -0.2) is 4.98 Å². The summed E-state index contributed by atoms with van der Waals surface area (Å²) in [6.07, 6.45) is 7.48. The average Bonchev–Trinajstić information content (AvgIpc) is 3.13. The molecular formula is C25H27N3O. The lowest BCUT2D eigenvalue weighted by Gasteiger charge is -2.10. The van der Waals surface area contributed by atoms with E-state index in [-0.39, 0.29) is 6.04 Å². The van der Waals surface area contributed by atoms with Crippen molar-refractivity contribution in [3.8, 4) is 5.75 Å². The Morgan fingerprint density at radius 1 is 1.00 bits per heavy atom. The summed E-state index contributed by atoms with van der Waals surface area (Å²) in [5, 5.41) is 2.31. The number of aromatic amines is 1. The smallest absolute Gasteiger partial charge is 0.138 e. The number of benzene rings is 2. The molecule has 4 nitrogen and oxygen atoms in total. The van der Waals surface area contributed by atoms with Crippen LogP contribution in [0.4, 0.5) is 0 Å². The van der Waals surface area contributed by atoms with Gasteiger partial charge in [0.25, 0.3) is 0 Å². The minimum atomic E-state index is -0.00578. The van der Waals surface area contributed by atoms with E-state index < -0.39 is 0 Å². The van der Waals surface area contributed by atoms with E-state index in [1.54, 1.807) is 7.11 Å². The molecule has 4 heteroatoms. The van der Waals surface area contributed by atoms with E-state index in [2.05, 4.69) is 54.4 Å². The quantitative estimate of drug-likeness (QED) is 0.379. The van der Waals surface area contributed by atoms with Gasteiger partial charge in [-0.05, 0) is 53.9 Å². The molecule has 0 fully saturated rings. The number of methoxy groups -OCH3 is 1. The number of nitrogens with one attached hydrogen (secondary N) is 1. The molecule has 4 aromatic rings. The van der Waals surface area contributed by atoms with E-state index in [1.165, 1.54) is 5.39 Å². The zero-order valence-electron chi connectivity index (χ0n) is 17.0. The van der Waals surface area contributed by atoms with Gasteiger partial charge in [-0.3, -0.25) is 0 Å². The van der Waals surface area contributed by atoms with Crippen LogP contribution in [0, 0.1) is 0 Å². The number of hydrogen-bond donors (Lipinski definition) is 2. The molecular weight excluding hydrogens is 358 g/mol. The highest BCUT2D eigenvalue weighted by molar-refractivity contribution is 6.06. The molecule has 2 aromatic heterocycles. The Morgan fingerprint density at radius 2 is 1.76 bits per heavy atom. The molecule has 1 unspecified atom stereocenters. The standard InChI is InChI=1S/C25H27N3O/c1-3-4-5-22(26)24-15-13-20-21-16-18(10-14-23(21)27-25(20)28-24)7-6-17-8-11-19(29-2)12-9-17/h6-16,22H,3-5,26H2,1-2H3,(H,27,28)/b7-6+. The van der Waals surface area contributed by atoms with Crippen molar-refractivity contribution >= 4 is 34.1 Å². The molecule has 4 rings (SSSR count). The molecule has 0 saturated heterocycles. The lowest BCUT2D eigenvalue weighted by molar-refractivity contribution is 0.415. The summed E-state index contributed by atoms with van der Waals surface area (Å²) >= 11 is 0. The van der Waals surface area contributed by atoms with Gasteiger partial charge in [0, 0.05) is 22.3 Å². The molecule has 0 aliphatic heterocycles. The van der Waals surface area contributed by atoms with Gasteiger partial charge < -0.3 is 15.5 Å². The summed E-state index contributed by atoms with van der Waals surface area (Å²) < 4.78 is 5.21. The highest BCUT2D eigenvalue weighted by Gasteiger charge is 2.11. The van der Waals surface area contributed by atoms with Gasteiger partial charge in [0.05, 0.1) is 12.8 Å². The fourth-order valence-electron chi connectivity index (χ4n) is 3.60. The topological polar surface area (TPSA) is 63.9 Å². The van der Waals surface area contributed by atoms with Gasteiger partial charge in [-0.2, -0.15) is 0 Å². The number of unbranched alkanes of at least 4 members (excludes halogenated alkanes) is 1. The number of aromatic nitrogens is 2. The van der Waals surface area contributed by atoms with Gasteiger partial charge >= 0.3 is 0 Å². The summed E-state index contributed by atoms with van der Waals surface area (Å²) in [5.74, 6) is 0.864. The van der Waals surface area contributed by atoms with Crippen LogP contribution in [0.2, 0.25) is 0 Å². The van der Waals surface area contributed by atoms with Gasteiger partial charge in [-0.15, -0.1) is 0 Å². The fraction of sp³-hybridized carbons (Fsp3) is 0.240. The summed E-state index contributed by atoms with van der Waals surface area (Å²) in [5.41, 5.74) is 11.5. The Morgan fingerprint density at radius 3 is 2.52 bits per heavy atom. The van der Waals surface area contributed by atoms with E-state index >= 15 is 0 Å². The molecule has 0 aliphatic carbocycles. The normalized spacial score (nSPS) is 12.8. The van der Waals surface area contributed by atoms with Crippen molar-refractivity contribution in [2.45, 2.75) is 32.2 Å². The second kappa shape index (κ2) is 8.50. The maximum Gasteiger partial charge on any atom is 0.138 e. The van der Waals surface area contributed by atoms with Crippen LogP contribution in [0.15, 0.2) is 54.6 Å². The predicted molar refractivity (Wildman–Crippen MR) is 122 cm³/mol. The number of rotatable bonds is 7. The second-order valence-corrected chi connectivity index (χ2v) is 7.42. The molecule has 2 aromatic carbocycles. The summed E-state index contributed by atoms with van der Waals surface area (Å²) in [6, 6.07) is 18.7. The molecule has 0 spiro atoms. The van der Waals surface area contributed by atoms with Crippen LogP contribution in [-0.4, -0.2) is 17.1 Å². The molecule has 0 saturated carbocycles.